The molecule has 2 aliphatic heterocycles. The maximum absolute atomic E-state index is 4.85. The standard InChI is InChI=1S/C24H22N4.Mg.2H/c1-14-15(2)24-16(3)22-10-9-20(27-22)12-19-6-5-17(25-19)11-18-7-8-21(26-18)13-23(14)28(24)4;;;/h5-13,25H,1-4H3;;;. The summed E-state index contributed by atoms with van der Waals surface area (Å²) in [6.07, 6.45) is 8.31. The topological polar surface area (TPSA) is 46.5 Å². The van der Waals surface area contributed by atoms with Gasteiger partial charge >= 0.3 is 23.1 Å². The second-order valence-corrected chi connectivity index (χ2v) is 7.52. The van der Waals surface area contributed by atoms with Crippen LogP contribution in [-0.4, -0.2) is 42.6 Å². The lowest BCUT2D eigenvalue weighted by molar-refractivity contribution is 0.998. The van der Waals surface area contributed by atoms with E-state index in [4.69, 9.17) is 9.97 Å². The van der Waals surface area contributed by atoms with E-state index in [1.54, 1.807) is 0 Å². The van der Waals surface area contributed by atoms with Gasteiger partial charge in [-0.2, -0.15) is 0 Å². The molecule has 5 heteroatoms. The Kier molecular flexibility index (Phi) is 4.96. The molecular formula is C24H24MgN4. The molecular weight excluding hydrogens is 369 g/mol. The Morgan fingerprint density at radius 3 is 2.00 bits per heavy atom. The summed E-state index contributed by atoms with van der Waals surface area (Å²) in [5, 5.41) is 0. The van der Waals surface area contributed by atoms with Gasteiger partial charge in [0.1, 0.15) is 0 Å². The molecule has 3 aromatic rings. The lowest BCUT2D eigenvalue weighted by Crippen LogP contribution is -1.91. The Labute approximate surface area is 186 Å². The number of H-pyrrole nitrogens is 1. The first-order valence-corrected chi connectivity index (χ1v) is 9.50. The van der Waals surface area contributed by atoms with Crippen LogP contribution >= 0.6 is 0 Å². The molecule has 0 spiro atoms. The molecule has 0 aromatic carbocycles. The van der Waals surface area contributed by atoms with Gasteiger partial charge < -0.3 is 9.55 Å². The van der Waals surface area contributed by atoms with Crippen molar-refractivity contribution in [3.8, 4) is 0 Å². The van der Waals surface area contributed by atoms with Crippen LogP contribution in [0.1, 0.15) is 39.5 Å². The molecule has 0 amide bonds. The summed E-state index contributed by atoms with van der Waals surface area (Å²) in [5.74, 6) is 0. The molecule has 29 heavy (non-hydrogen) atoms. The van der Waals surface area contributed by atoms with Crippen LogP contribution in [-0.2, 0) is 7.05 Å². The number of aromatic amines is 1. The fourth-order valence-corrected chi connectivity index (χ4v) is 4.13. The highest BCUT2D eigenvalue weighted by atomic mass is 24.3. The number of aryl methyl sites for hydroxylation is 4. The highest BCUT2D eigenvalue weighted by Gasteiger charge is 2.12. The molecule has 5 heterocycles. The molecule has 1 N–H and O–H groups in total. The highest BCUT2D eigenvalue weighted by Crippen LogP contribution is 2.28. The van der Waals surface area contributed by atoms with Crippen LogP contribution in [0.4, 0.5) is 0 Å². The minimum Gasteiger partial charge on any atom is -0.355 e. The van der Waals surface area contributed by atoms with Gasteiger partial charge in [-0.15, -0.1) is 0 Å². The number of aromatic nitrogens is 4. The van der Waals surface area contributed by atoms with Crippen molar-refractivity contribution in [1.82, 2.24) is 19.5 Å². The summed E-state index contributed by atoms with van der Waals surface area (Å²) in [6.45, 7) is 6.52. The van der Waals surface area contributed by atoms with Crippen LogP contribution in [0.5, 0.6) is 0 Å². The minimum atomic E-state index is 0. The Bertz CT molecular complexity index is 1350. The summed E-state index contributed by atoms with van der Waals surface area (Å²) in [6, 6.07) is 10.4. The number of rotatable bonds is 0. The molecule has 0 unspecified atom stereocenters. The average Bonchev–Trinajstić information content (AvgIpc) is 3.43. The number of nitrogens with zero attached hydrogens (tertiary/aromatic N) is 3. The molecule has 5 rings (SSSR count). The average molecular weight is 393 g/mol. The van der Waals surface area contributed by atoms with Crippen molar-refractivity contribution in [1.29, 1.82) is 0 Å². The van der Waals surface area contributed by atoms with E-state index in [1.807, 2.05) is 0 Å². The monoisotopic (exact) mass is 392 g/mol. The van der Waals surface area contributed by atoms with E-state index in [9.17, 15) is 0 Å². The van der Waals surface area contributed by atoms with Gasteiger partial charge in [0.25, 0.3) is 0 Å². The van der Waals surface area contributed by atoms with Gasteiger partial charge in [-0.25, -0.2) is 9.97 Å². The molecule has 0 fully saturated rings. The number of hydrogen-bond donors (Lipinski definition) is 1. The van der Waals surface area contributed by atoms with Crippen LogP contribution in [0.15, 0.2) is 30.3 Å². The second-order valence-electron chi connectivity index (χ2n) is 7.52. The van der Waals surface area contributed by atoms with Gasteiger partial charge in [0.15, 0.2) is 0 Å². The van der Waals surface area contributed by atoms with E-state index in [2.05, 4.69) is 92.0 Å². The molecule has 4 nitrogen and oxygen atoms in total. The third-order valence-corrected chi connectivity index (χ3v) is 5.71. The zero-order chi connectivity index (χ0) is 19.4. The van der Waals surface area contributed by atoms with Crippen LogP contribution in [0.3, 0.4) is 0 Å². The van der Waals surface area contributed by atoms with Crippen molar-refractivity contribution < 1.29 is 0 Å². The predicted molar refractivity (Wildman–Crippen MR) is 126 cm³/mol. The number of fused-ring (bicyclic) bond motifs is 8. The molecule has 0 saturated carbocycles. The zero-order valence-corrected chi connectivity index (χ0v) is 16.5. The van der Waals surface area contributed by atoms with Gasteiger partial charge in [0, 0.05) is 29.1 Å². The van der Waals surface area contributed by atoms with Crippen LogP contribution in [0, 0.1) is 20.8 Å². The molecule has 0 aliphatic carbocycles. The number of nitrogens with one attached hydrogen (secondary N) is 1. The van der Waals surface area contributed by atoms with Crippen molar-refractivity contribution in [3.05, 3.63) is 69.8 Å². The summed E-state index contributed by atoms with van der Waals surface area (Å²) in [5.41, 5.74) is 12.1. The van der Waals surface area contributed by atoms with Crippen LogP contribution in [0.2, 0.25) is 0 Å². The maximum atomic E-state index is 4.85. The van der Waals surface area contributed by atoms with Crippen molar-refractivity contribution in [2.45, 2.75) is 20.8 Å². The van der Waals surface area contributed by atoms with Gasteiger partial charge in [0.2, 0.25) is 0 Å². The highest BCUT2D eigenvalue weighted by molar-refractivity contribution is 5.82. The first-order valence-electron chi connectivity index (χ1n) is 9.50. The smallest absolute Gasteiger partial charge is 0.316 e. The summed E-state index contributed by atoms with van der Waals surface area (Å²) in [4.78, 5) is 13.0. The predicted octanol–water partition coefficient (Wildman–Crippen LogP) is 4.68. The van der Waals surface area contributed by atoms with Gasteiger partial charge in [0.05, 0.1) is 22.8 Å². The Balaban J connectivity index is 0.00000205. The van der Waals surface area contributed by atoms with Crippen molar-refractivity contribution in [2.75, 3.05) is 0 Å². The molecule has 0 saturated heterocycles. The maximum Gasteiger partial charge on any atom is 0.316 e. The molecule has 142 valence electrons. The van der Waals surface area contributed by atoms with Gasteiger partial charge in [-0.05, 0) is 92.1 Å². The normalized spacial score (nSPS) is 12.3. The van der Waals surface area contributed by atoms with E-state index in [0.717, 1.165) is 33.8 Å². The van der Waals surface area contributed by atoms with E-state index < -0.39 is 0 Å². The van der Waals surface area contributed by atoms with Crippen molar-refractivity contribution in [2.24, 2.45) is 7.05 Å². The molecule has 0 atom stereocenters. The van der Waals surface area contributed by atoms with Crippen molar-refractivity contribution >= 4 is 69.4 Å². The molecule has 0 radical (unpaired) electrons. The van der Waals surface area contributed by atoms with Crippen LogP contribution < -0.4 is 0 Å². The van der Waals surface area contributed by atoms with Gasteiger partial charge in [-0.1, -0.05) is 0 Å². The Morgan fingerprint density at radius 1 is 0.724 bits per heavy atom. The fraction of sp³-hybridized carbons (Fsp3) is 0.167. The van der Waals surface area contributed by atoms with Crippen LogP contribution in [0.25, 0.3) is 46.4 Å². The third-order valence-electron chi connectivity index (χ3n) is 5.71. The first kappa shape index (κ1) is 19.7. The van der Waals surface area contributed by atoms with E-state index in [-0.39, 0.29) is 23.1 Å². The summed E-state index contributed by atoms with van der Waals surface area (Å²) in [7, 11) is 2.12. The third kappa shape index (κ3) is 3.34. The molecule has 3 aromatic heterocycles. The zero-order valence-electron chi connectivity index (χ0n) is 16.5. The Morgan fingerprint density at radius 2 is 1.31 bits per heavy atom. The quantitative estimate of drug-likeness (QED) is 0.389. The van der Waals surface area contributed by atoms with E-state index in [1.165, 1.54) is 27.7 Å². The SMILES string of the molecule is Cc1c(C)c2c(C)c3nc(cc4ccc(cc5nc(cc1n2C)C=C5)[nH]4)C=C3.[MgH2]. The largest absolute Gasteiger partial charge is 0.355 e. The molecule has 8 bridgehead atoms. The number of hydrogen-bond acceptors (Lipinski definition) is 2. The van der Waals surface area contributed by atoms with Gasteiger partial charge in [-0.3, -0.25) is 0 Å². The lowest BCUT2D eigenvalue weighted by Gasteiger charge is -2.02. The summed E-state index contributed by atoms with van der Waals surface area (Å²) >= 11 is 0. The fourth-order valence-electron chi connectivity index (χ4n) is 4.13. The minimum absolute atomic E-state index is 0. The lowest BCUT2D eigenvalue weighted by atomic mass is 10.1. The Hall–Kier alpha value is -2.63. The first-order chi connectivity index (χ1) is 13.5. The van der Waals surface area contributed by atoms with E-state index >= 15 is 0 Å². The van der Waals surface area contributed by atoms with E-state index in [0.29, 0.717) is 0 Å². The summed E-state index contributed by atoms with van der Waals surface area (Å²) < 4.78 is 2.26. The van der Waals surface area contributed by atoms with Crippen molar-refractivity contribution in [3.63, 3.8) is 0 Å². The molecule has 2 aliphatic rings. The second kappa shape index (κ2) is 7.32.